The molecule has 0 aliphatic heterocycles. The summed E-state index contributed by atoms with van der Waals surface area (Å²) in [4.78, 5) is 22.8. The van der Waals surface area contributed by atoms with Crippen LogP contribution >= 0.6 is 0 Å². The molecule has 0 spiro atoms. The van der Waals surface area contributed by atoms with Crippen molar-refractivity contribution in [2.45, 2.75) is 40.2 Å². The number of carbonyl (C=O) groups is 2. The first-order valence-corrected chi connectivity index (χ1v) is 6.14. The van der Waals surface area contributed by atoms with Gasteiger partial charge in [0.2, 0.25) is 11.8 Å². The third kappa shape index (κ3) is 7.74. The average Bonchev–Trinajstić information content (AvgIpc) is 2.24. The Hall–Kier alpha value is -1.10. The molecule has 0 fully saturated rings. The minimum atomic E-state index is -0.506. The Balaban J connectivity index is 3.69. The molecule has 1 atom stereocenters. The van der Waals surface area contributed by atoms with Gasteiger partial charge in [0, 0.05) is 19.5 Å². The molecule has 0 aliphatic carbocycles. The van der Waals surface area contributed by atoms with Gasteiger partial charge in [0.05, 0.1) is 6.04 Å². The predicted octanol–water partition coefficient (Wildman–Crippen LogP) is 0.248. The Bertz CT molecular complexity index is 252. The Morgan fingerprint density at radius 1 is 1.12 bits per heavy atom. The molecule has 17 heavy (non-hydrogen) atoms. The Kier molecular flexibility index (Phi) is 7.54. The zero-order valence-corrected chi connectivity index (χ0v) is 11.2. The molecule has 0 rings (SSSR count). The lowest BCUT2D eigenvalue weighted by Gasteiger charge is -2.15. The van der Waals surface area contributed by atoms with Gasteiger partial charge in [-0.25, -0.2) is 0 Å². The highest BCUT2D eigenvalue weighted by atomic mass is 16.2. The van der Waals surface area contributed by atoms with E-state index in [1.54, 1.807) is 0 Å². The van der Waals surface area contributed by atoms with Gasteiger partial charge in [-0.1, -0.05) is 27.7 Å². The van der Waals surface area contributed by atoms with Crippen LogP contribution < -0.4 is 16.4 Å². The van der Waals surface area contributed by atoms with E-state index in [2.05, 4.69) is 10.6 Å². The number of nitrogens with two attached hydrogens (primary N) is 1. The van der Waals surface area contributed by atoms with E-state index in [-0.39, 0.29) is 17.7 Å². The van der Waals surface area contributed by atoms with E-state index in [0.717, 1.165) is 0 Å². The summed E-state index contributed by atoms with van der Waals surface area (Å²) in [5.41, 5.74) is 5.66. The minimum absolute atomic E-state index is 0.0443. The number of carbonyl (C=O) groups excluding carboxylic acids is 2. The van der Waals surface area contributed by atoms with Gasteiger partial charge < -0.3 is 16.4 Å². The van der Waals surface area contributed by atoms with Crippen LogP contribution in [0.1, 0.15) is 34.1 Å². The fourth-order valence-electron chi connectivity index (χ4n) is 1.13. The lowest BCUT2D eigenvalue weighted by molar-refractivity contribution is -0.123. The van der Waals surface area contributed by atoms with Crippen LogP contribution in [0.25, 0.3) is 0 Å². The van der Waals surface area contributed by atoms with E-state index in [1.165, 1.54) is 0 Å². The van der Waals surface area contributed by atoms with E-state index in [0.29, 0.717) is 25.4 Å². The molecule has 0 heterocycles. The first-order chi connectivity index (χ1) is 7.84. The van der Waals surface area contributed by atoms with Gasteiger partial charge in [-0.05, 0) is 11.8 Å². The van der Waals surface area contributed by atoms with Crippen molar-refractivity contribution in [3.8, 4) is 0 Å². The standard InChI is InChI=1S/C12H25N3O2/c1-8(2)7-15-10(16)5-6-14-12(17)11(13)9(3)4/h8-9,11H,5-7,13H2,1-4H3,(H,14,17)(H,15,16)/t11-/m0/s1. The van der Waals surface area contributed by atoms with Crippen LogP contribution in [0.15, 0.2) is 0 Å². The molecule has 0 saturated carbocycles. The van der Waals surface area contributed by atoms with Crippen molar-refractivity contribution >= 4 is 11.8 Å². The molecule has 0 saturated heterocycles. The maximum Gasteiger partial charge on any atom is 0.237 e. The smallest absolute Gasteiger partial charge is 0.237 e. The third-order valence-corrected chi connectivity index (χ3v) is 2.38. The van der Waals surface area contributed by atoms with Gasteiger partial charge in [-0.15, -0.1) is 0 Å². The highest BCUT2D eigenvalue weighted by molar-refractivity contribution is 5.82. The number of rotatable bonds is 7. The first-order valence-electron chi connectivity index (χ1n) is 6.14. The second-order valence-electron chi connectivity index (χ2n) is 5.01. The zero-order chi connectivity index (χ0) is 13.4. The molecule has 4 N–H and O–H groups in total. The quantitative estimate of drug-likeness (QED) is 0.599. The summed E-state index contributed by atoms with van der Waals surface area (Å²) in [6.07, 6.45) is 0.295. The Morgan fingerprint density at radius 3 is 2.18 bits per heavy atom. The number of nitrogens with one attached hydrogen (secondary N) is 2. The maximum absolute atomic E-state index is 11.5. The molecule has 0 aromatic rings. The van der Waals surface area contributed by atoms with Crippen molar-refractivity contribution < 1.29 is 9.59 Å². The second-order valence-corrected chi connectivity index (χ2v) is 5.01. The molecule has 5 nitrogen and oxygen atoms in total. The summed E-state index contributed by atoms with van der Waals surface area (Å²) in [6, 6.07) is -0.506. The molecule has 100 valence electrons. The summed E-state index contributed by atoms with van der Waals surface area (Å²) in [5.74, 6) is 0.293. The van der Waals surface area contributed by atoms with Crippen molar-refractivity contribution in [3.63, 3.8) is 0 Å². The summed E-state index contributed by atoms with van der Waals surface area (Å²) < 4.78 is 0. The number of hydrogen-bond acceptors (Lipinski definition) is 3. The fraction of sp³-hybridized carbons (Fsp3) is 0.833. The summed E-state index contributed by atoms with van der Waals surface area (Å²) >= 11 is 0. The molecule has 0 radical (unpaired) electrons. The van der Waals surface area contributed by atoms with Crippen LogP contribution in [0.2, 0.25) is 0 Å². The zero-order valence-electron chi connectivity index (χ0n) is 11.2. The highest BCUT2D eigenvalue weighted by Gasteiger charge is 2.16. The van der Waals surface area contributed by atoms with Crippen molar-refractivity contribution in [2.24, 2.45) is 17.6 Å². The van der Waals surface area contributed by atoms with Crippen LogP contribution in [-0.4, -0.2) is 30.9 Å². The summed E-state index contributed by atoms with van der Waals surface area (Å²) in [7, 11) is 0. The molecule has 5 heteroatoms. The van der Waals surface area contributed by atoms with E-state index < -0.39 is 6.04 Å². The lowest BCUT2D eigenvalue weighted by atomic mass is 10.1. The number of hydrogen-bond donors (Lipinski definition) is 3. The van der Waals surface area contributed by atoms with Crippen LogP contribution in [0.5, 0.6) is 0 Å². The lowest BCUT2D eigenvalue weighted by Crippen LogP contribution is -2.44. The van der Waals surface area contributed by atoms with Gasteiger partial charge in [-0.3, -0.25) is 9.59 Å². The van der Waals surface area contributed by atoms with Crippen molar-refractivity contribution in [3.05, 3.63) is 0 Å². The van der Waals surface area contributed by atoms with Gasteiger partial charge in [0.15, 0.2) is 0 Å². The molecule has 0 bridgehead atoms. The largest absolute Gasteiger partial charge is 0.356 e. The molecular weight excluding hydrogens is 218 g/mol. The maximum atomic E-state index is 11.5. The van der Waals surface area contributed by atoms with E-state index in [4.69, 9.17) is 5.73 Å². The molecule has 0 aromatic carbocycles. The third-order valence-electron chi connectivity index (χ3n) is 2.38. The normalized spacial score (nSPS) is 12.6. The van der Waals surface area contributed by atoms with E-state index in [9.17, 15) is 9.59 Å². The van der Waals surface area contributed by atoms with Crippen molar-refractivity contribution in [1.29, 1.82) is 0 Å². The SMILES string of the molecule is CC(C)CNC(=O)CCNC(=O)[C@@H](N)C(C)C. The second kappa shape index (κ2) is 8.06. The predicted molar refractivity (Wildman–Crippen MR) is 68.3 cm³/mol. The first kappa shape index (κ1) is 15.9. The molecular formula is C12H25N3O2. The van der Waals surface area contributed by atoms with Crippen LogP contribution in [0.4, 0.5) is 0 Å². The van der Waals surface area contributed by atoms with E-state index >= 15 is 0 Å². The van der Waals surface area contributed by atoms with E-state index in [1.807, 2.05) is 27.7 Å². The van der Waals surface area contributed by atoms with Gasteiger partial charge in [0.25, 0.3) is 0 Å². The Morgan fingerprint density at radius 2 is 1.71 bits per heavy atom. The van der Waals surface area contributed by atoms with Gasteiger partial charge >= 0.3 is 0 Å². The topological polar surface area (TPSA) is 84.2 Å². The average molecular weight is 243 g/mol. The Labute approximate surface area is 104 Å². The van der Waals surface area contributed by atoms with Crippen LogP contribution in [0.3, 0.4) is 0 Å². The van der Waals surface area contributed by atoms with Gasteiger partial charge in [-0.2, -0.15) is 0 Å². The minimum Gasteiger partial charge on any atom is -0.356 e. The monoisotopic (exact) mass is 243 g/mol. The molecule has 2 amide bonds. The fourth-order valence-corrected chi connectivity index (χ4v) is 1.13. The summed E-state index contributed by atoms with van der Waals surface area (Å²) in [6.45, 7) is 8.84. The van der Waals surface area contributed by atoms with Gasteiger partial charge in [0.1, 0.15) is 0 Å². The highest BCUT2D eigenvalue weighted by Crippen LogP contribution is 1.97. The summed E-state index contributed by atoms with van der Waals surface area (Å²) in [5, 5.41) is 5.44. The van der Waals surface area contributed by atoms with Crippen LogP contribution in [0, 0.1) is 11.8 Å². The molecule has 0 aromatic heterocycles. The molecule has 0 unspecified atom stereocenters. The van der Waals surface area contributed by atoms with Crippen molar-refractivity contribution in [2.75, 3.05) is 13.1 Å². The van der Waals surface area contributed by atoms with Crippen molar-refractivity contribution in [1.82, 2.24) is 10.6 Å². The van der Waals surface area contributed by atoms with Crippen LogP contribution in [-0.2, 0) is 9.59 Å². The molecule has 0 aliphatic rings. The number of amides is 2.